The summed E-state index contributed by atoms with van der Waals surface area (Å²) in [4.78, 5) is 20.4. The molecule has 0 aliphatic rings. The molecular weight excluding hydrogens is 262 g/mol. The number of hydrogen-bond donors (Lipinski definition) is 2. The Kier molecular flexibility index (Phi) is 3.84. The van der Waals surface area contributed by atoms with Crippen molar-refractivity contribution in [2.75, 3.05) is 23.7 Å². The molecule has 1 heterocycles. The van der Waals surface area contributed by atoms with Gasteiger partial charge in [-0.15, -0.1) is 0 Å². The molecule has 1 amide bonds. The van der Waals surface area contributed by atoms with Gasteiger partial charge in [0.05, 0.1) is 11.0 Å². The lowest BCUT2D eigenvalue weighted by Gasteiger charge is -2.21. The monoisotopic (exact) mass is 273 g/mol. The van der Waals surface area contributed by atoms with Crippen molar-refractivity contribution in [2.24, 2.45) is 5.73 Å². The zero-order chi connectivity index (χ0) is 11.4. The van der Waals surface area contributed by atoms with Gasteiger partial charge in [0, 0.05) is 12.7 Å². The minimum absolute atomic E-state index is 0.103. The van der Waals surface area contributed by atoms with Gasteiger partial charge in [0.2, 0.25) is 11.9 Å². The number of nitrogens with zero attached hydrogens (tertiary/aromatic N) is 3. The molecule has 7 heteroatoms. The van der Waals surface area contributed by atoms with E-state index in [9.17, 15) is 4.79 Å². The van der Waals surface area contributed by atoms with E-state index in [0.717, 1.165) is 0 Å². The van der Waals surface area contributed by atoms with Crippen molar-refractivity contribution < 1.29 is 4.79 Å². The van der Waals surface area contributed by atoms with E-state index in [-0.39, 0.29) is 12.5 Å². The SMILES string of the molecule is CCN(CC(N)=O)c1nc(N)ncc1Br. The summed E-state index contributed by atoms with van der Waals surface area (Å²) in [5.41, 5.74) is 10.6. The number of hydrogen-bond acceptors (Lipinski definition) is 5. The van der Waals surface area contributed by atoms with Gasteiger partial charge in [0.25, 0.3) is 0 Å². The van der Waals surface area contributed by atoms with Crippen LogP contribution in [0.25, 0.3) is 0 Å². The molecule has 0 aliphatic carbocycles. The van der Waals surface area contributed by atoms with Gasteiger partial charge in [-0.3, -0.25) is 4.79 Å². The Labute approximate surface area is 95.8 Å². The standard InChI is InChI=1S/C8H12BrN5O/c1-2-14(4-6(10)15)7-5(9)3-12-8(11)13-7/h3H,2,4H2,1H3,(H2,10,15)(H2,11,12,13). The van der Waals surface area contributed by atoms with Crippen molar-refractivity contribution in [1.29, 1.82) is 0 Å². The highest BCUT2D eigenvalue weighted by molar-refractivity contribution is 9.10. The number of aromatic nitrogens is 2. The third-order valence-corrected chi connectivity index (χ3v) is 2.33. The van der Waals surface area contributed by atoms with E-state index in [0.29, 0.717) is 16.8 Å². The summed E-state index contributed by atoms with van der Waals surface area (Å²) in [6, 6.07) is 0. The van der Waals surface area contributed by atoms with Crippen LogP contribution in [-0.4, -0.2) is 29.0 Å². The van der Waals surface area contributed by atoms with E-state index >= 15 is 0 Å². The van der Waals surface area contributed by atoms with Crippen LogP contribution >= 0.6 is 15.9 Å². The second-order valence-corrected chi connectivity index (χ2v) is 3.73. The van der Waals surface area contributed by atoms with Gasteiger partial charge in [-0.1, -0.05) is 0 Å². The van der Waals surface area contributed by atoms with Crippen molar-refractivity contribution >= 4 is 33.6 Å². The minimum atomic E-state index is -0.416. The quantitative estimate of drug-likeness (QED) is 0.813. The molecule has 4 N–H and O–H groups in total. The Morgan fingerprint density at radius 2 is 2.33 bits per heavy atom. The molecule has 0 atom stereocenters. The van der Waals surface area contributed by atoms with Crippen LogP contribution in [0, 0.1) is 0 Å². The number of rotatable bonds is 4. The molecule has 1 aromatic rings. The van der Waals surface area contributed by atoms with E-state index in [1.165, 1.54) is 0 Å². The topological polar surface area (TPSA) is 98.1 Å². The van der Waals surface area contributed by atoms with E-state index in [2.05, 4.69) is 25.9 Å². The van der Waals surface area contributed by atoms with E-state index in [1.54, 1.807) is 11.1 Å². The highest BCUT2D eigenvalue weighted by atomic mass is 79.9. The van der Waals surface area contributed by atoms with E-state index in [1.807, 2.05) is 6.92 Å². The molecule has 6 nitrogen and oxygen atoms in total. The number of carbonyl (C=O) groups is 1. The maximum absolute atomic E-state index is 10.8. The lowest BCUT2D eigenvalue weighted by molar-refractivity contribution is -0.116. The summed E-state index contributed by atoms with van der Waals surface area (Å²) in [6.45, 7) is 2.61. The molecule has 82 valence electrons. The third-order valence-electron chi connectivity index (χ3n) is 1.77. The molecular formula is C8H12BrN5O. The number of likely N-dealkylation sites (N-methyl/N-ethyl adjacent to an activating group) is 1. The first-order chi connectivity index (χ1) is 7.04. The normalized spacial score (nSPS) is 10.0. The molecule has 0 fully saturated rings. The molecule has 0 aromatic carbocycles. The van der Waals surface area contributed by atoms with Crippen LogP contribution in [0.2, 0.25) is 0 Å². The maximum atomic E-state index is 10.8. The molecule has 0 saturated heterocycles. The fraction of sp³-hybridized carbons (Fsp3) is 0.375. The van der Waals surface area contributed by atoms with Gasteiger partial charge in [-0.2, -0.15) is 4.98 Å². The van der Waals surface area contributed by atoms with Crippen LogP contribution in [0.15, 0.2) is 10.7 Å². The van der Waals surface area contributed by atoms with Gasteiger partial charge < -0.3 is 16.4 Å². The molecule has 1 aromatic heterocycles. The summed E-state index contributed by atoms with van der Waals surface area (Å²) in [5, 5.41) is 0. The van der Waals surface area contributed by atoms with Crippen molar-refractivity contribution in [2.45, 2.75) is 6.92 Å². The number of halogens is 1. The maximum Gasteiger partial charge on any atom is 0.236 e. The zero-order valence-electron chi connectivity index (χ0n) is 8.27. The second kappa shape index (κ2) is 4.92. The Balaban J connectivity index is 3.00. The Morgan fingerprint density at radius 1 is 1.67 bits per heavy atom. The molecule has 0 radical (unpaired) electrons. The van der Waals surface area contributed by atoms with Crippen molar-refractivity contribution in [3.8, 4) is 0 Å². The molecule has 0 spiro atoms. The van der Waals surface area contributed by atoms with Crippen LogP contribution in [0.1, 0.15) is 6.92 Å². The lowest BCUT2D eigenvalue weighted by atomic mass is 10.4. The fourth-order valence-electron chi connectivity index (χ4n) is 1.12. The average molecular weight is 274 g/mol. The first-order valence-corrected chi connectivity index (χ1v) is 5.15. The molecule has 0 bridgehead atoms. The Hall–Kier alpha value is -1.37. The Morgan fingerprint density at radius 3 is 2.87 bits per heavy atom. The number of nitrogen functional groups attached to an aromatic ring is 1. The van der Waals surface area contributed by atoms with Crippen LogP contribution in [-0.2, 0) is 4.79 Å². The van der Waals surface area contributed by atoms with E-state index in [4.69, 9.17) is 11.5 Å². The van der Waals surface area contributed by atoms with Crippen molar-refractivity contribution in [3.63, 3.8) is 0 Å². The summed E-state index contributed by atoms with van der Waals surface area (Å²) in [5.74, 6) is 0.320. The van der Waals surface area contributed by atoms with Crippen LogP contribution in [0.3, 0.4) is 0 Å². The predicted octanol–water partition coefficient (Wildman–Crippen LogP) is 0.133. The smallest absolute Gasteiger partial charge is 0.236 e. The number of nitrogens with two attached hydrogens (primary N) is 2. The summed E-state index contributed by atoms with van der Waals surface area (Å²) in [7, 11) is 0. The van der Waals surface area contributed by atoms with Crippen LogP contribution in [0.4, 0.5) is 11.8 Å². The average Bonchev–Trinajstić information content (AvgIpc) is 2.18. The van der Waals surface area contributed by atoms with Gasteiger partial charge in [0.15, 0.2) is 0 Å². The molecule has 0 unspecified atom stereocenters. The lowest BCUT2D eigenvalue weighted by Crippen LogP contribution is -2.34. The molecule has 0 aliphatic heterocycles. The van der Waals surface area contributed by atoms with Gasteiger partial charge in [-0.25, -0.2) is 4.98 Å². The van der Waals surface area contributed by atoms with E-state index < -0.39 is 5.91 Å². The Bertz CT molecular complexity index is 370. The van der Waals surface area contributed by atoms with Gasteiger partial charge in [0.1, 0.15) is 5.82 Å². The van der Waals surface area contributed by atoms with Crippen molar-refractivity contribution in [1.82, 2.24) is 9.97 Å². The molecule has 15 heavy (non-hydrogen) atoms. The number of primary amides is 1. The highest BCUT2D eigenvalue weighted by Crippen LogP contribution is 2.23. The largest absolute Gasteiger partial charge is 0.368 e. The third kappa shape index (κ3) is 3.05. The summed E-state index contributed by atoms with van der Waals surface area (Å²) in [6.07, 6.45) is 1.54. The van der Waals surface area contributed by atoms with Crippen LogP contribution in [0.5, 0.6) is 0 Å². The number of carbonyl (C=O) groups excluding carboxylic acids is 1. The summed E-state index contributed by atoms with van der Waals surface area (Å²) >= 11 is 3.29. The minimum Gasteiger partial charge on any atom is -0.368 e. The second-order valence-electron chi connectivity index (χ2n) is 2.88. The first kappa shape index (κ1) is 11.7. The van der Waals surface area contributed by atoms with Crippen molar-refractivity contribution in [3.05, 3.63) is 10.7 Å². The summed E-state index contributed by atoms with van der Waals surface area (Å²) < 4.78 is 0.680. The number of amides is 1. The molecule has 0 saturated carbocycles. The first-order valence-electron chi connectivity index (χ1n) is 4.35. The van der Waals surface area contributed by atoms with Crippen LogP contribution < -0.4 is 16.4 Å². The zero-order valence-corrected chi connectivity index (χ0v) is 9.86. The predicted molar refractivity (Wildman–Crippen MR) is 61.2 cm³/mol. The van der Waals surface area contributed by atoms with Gasteiger partial charge in [-0.05, 0) is 22.9 Å². The van der Waals surface area contributed by atoms with Gasteiger partial charge >= 0.3 is 0 Å². The number of anilines is 2. The fourth-order valence-corrected chi connectivity index (χ4v) is 1.56. The highest BCUT2D eigenvalue weighted by Gasteiger charge is 2.13. The molecule has 1 rings (SSSR count).